The number of piperidine rings is 1. The Morgan fingerprint density at radius 2 is 2.50 bits per heavy atom. The molecule has 0 spiro atoms. The molecule has 2 heterocycles. The van der Waals surface area contributed by atoms with Crippen molar-refractivity contribution in [1.29, 1.82) is 0 Å². The lowest BCUT2D eigenvalue weighted by Crippen LogP contribution is -2.37. The minimum atomic E-state index is 0.472. The molecule has 1 aliphatic rings. The first-order chi connectivity index (χ1) is 7.81. The van der Waals surface area contributed by atoms with Crippen LogP contribution in [0.2, 0.25) is 0 Å². The van der Waals surface area contributed by atoms with Crippen molar-refractivity contribution >= 4 is 0 Å². The summed E-state index contributed by atoms with van der Waals surface area (Å²) in [5.41, 5.74) is 6.93. The smallest absolute Gasteiger partial charge is 0.0950 e. The van der Waals surface area contributed by atoms with Gasteiger partial charge in [0.2, 0.25) is 0 Å². The highest BCUT2D eigenvalue weighted by Gasteiger charge is 2.24. The summed E-state index contributed by atoms with van der Waals surface area (Å²) in [7, 11) is 0. The maximum atomic E-state index is 5.64. The molecule has 0 saturated carbocycles. The summed E-state index contributed by atoms with van der Waals surface area (Å²) in [5, 5.41) is 0. The van der Waals surface area contributed by atoms with Gasteiger partial charge in [0, 0.05) is 18.2 Å². The van der Waals surface area contributed by atoms with E-state index in [9.17, 15) is 0 Å². The molecule has 2 rings (SSSR count). The highest BCUT2D eigenvalue weighted by atomic mass is 16.3. The van der Waals surface area contributed by atoms with Gasteiger partial charge in [0.25, 0.3) is 0 Å². The third-order valence-electron chi connectivity index (χ3n) is 3.70. The van der Waals surface area contributed by atoms with Crippen molar-refractivity contribution in [2.75, 3.05) is 19.6 Å². The normalized spacial score (nSPS) is 24.5. The maximum absolute atomic E-state index is 5.64. The Morgan fingerprint density at radius 3 is 3.19 bits per heavy atom. The van der Waals surface area contributed by atoms with E-state index in [-0.39, 0.29) is 0 Å². The van der Waals surface area contributed by atoms with Crippen LogP contribution >= 0.6 is 0 Å². The number of hydrogen-bond donors (Lipinski definition) is 1. The zero-order valence-electron chi connectivity index (χ0n) is 10.1. The standard InChI is InChI=1S/C13H22N2O/c1-11(13-5-8-16-10-13)15-7-2-3-12(9-15)4-6-14/h5,8,10-12H,2-4,6-7,9,14H2,1H3. The van der Waals surface area contributed by atoms with Gasteiger partial charge in [-0.3, -0.25) is 4.90 Å². The highest BCUT2D eigenvalue weighted by molar-refractivity contribution is 5.10. The van der Waals surface area contributed by atoms with E-state index in [1.807, 2.05) is 6.26 Å². The summed E-state index contributed by atoms with van der Waals surface area (Å²) < 4.78 is 5.15. The van der Waals surface area contributed by atoms with Crippen LogP contribution in [0.5, 0.6) is 0 Å². The predicted octanol–water partition coefficient (Wildman–Crippen LogP) is 2.40. The predicted molar refractivity (Wildman–Crippen MR) is 65.1 cm³/mol. The molecule has 1 saturated heterocycles. The van der Waals surface area contributed by atoms with Gasteiger partial charge >= 0.3 is 0 Å². The fraction of sp³-hybridized carbons (Fsp3) is 0.692. The van der Waals surface area contributed by atoms with Crippen LogP contribution in [0.25, 0.3) is 0 Å². The summed E-state index contributed by atoms with van der Waals surface area (Å²) in [5.74, 6) is 0.785. The molecule has 1 aliphatic heterocycles. The van der Waals surface area contributed by atoms with Gasteiger partial charge in [0.1, 0.15) is 0 Å². The van der Waals surface area contributed by atoms with Crippen molar-refractivity contribution in [3.63, 3.8) is 0 Å². The molecule has 0 bridgehead atoms. The number of likely N-dealkylation sites (tertiary alicyclic amines) is 1. The molecule has 0 aromatic carbocycles. The number of furan rings is 1. The molecule has 1 aromatic heterocycles. The van der Waals surface area contributed by atoms with Crippen LogP contribution in [0, 0.1) is 5.92 Å². The fourth-order valence-corrected chi connectivity index (χ4v) is 2.64. The van der Waals surface area contributed by atoms with Gasteiger partial charge in [-0.25, -0.2) is 0 Å². The monoisotopic (exact) mass is 222 g/mol. The van der Waals surface area contributed by atoms with Crippen LogP contribution in [-0.2, 0) is 0 Å². The SMILES string of the molecule is CC(c1ccoc1)N1CCCC(CCN)C1. The van der Waals surface area contributed by atoms with E-state index < -0.39 is 0 Å². The van der Waals surface area contributed by atoms with E-state index in [0.717, 1.165) is 18.9 Å². The lowest BCUT2D eigenvalue weighted by Gasteiger charge is -2.36. The maximum Gasteiger partial charge on any atom is 0.0950 e. The van der Waals surface area contributed by atoms with Gasteiger partial charge in [0.15, 0.2) is 0 Å². The molecule has 3 nitrogen and oxygen atoms in total. The first-order valence-corrected chi connectivity index (χ1v) is 6.27. The minimum absolute atomic E-state index is 0.472. The average Bonchev–Trinajstić information content (AvgIpc) is 2.82. The van der Waals surface area contributed by atoms with Crippen molar-refractivity contribution < 1.29 is 4.42 Å². The molecule has 3 heteroatoms. The van der Waals surface area contributed by atoms with E-state index in [2.05, 4.69) is 17.9 Å². The van der Waals surface area contributed by atoms with Crippen LogP contribution in [0.15, 0.2) is 23.0 Å². The van der Waals surface area contributed by atoms with Crippen LogP contribution in [0.4, 0.5) is 0 Å². The van der Waals surface area contributed by atoms with Crippen LogP contribution in [0.3, 0.4) is 0 Å². The molecular weight excluding hydrogens is 200 g/mol. The van der Waals surface area contributed by atoms with E-state index in [0.29, 0.717) is 6.04 Å². The van der Waals surface area contributed by atoms with E-state index >= 15 is 0 Å². The number of nitrogens with two attached hydrogens (primary N) is 1. The zero-order valence-corrected chi connectivity index (χ0v) is 10.1. The number of nitrogens with zero attached hydrogens (tertiary/aromatic N) is 1. The van der Waals surface area contributed by atoms with Crippen molar-refractivity contribution in [3.05, 3.63) is 24.2 Å². The Balaban J connectivity index is 1.93. The second kappa shape index (κ2) is 5.51. The van der Waals surface area contributed by atoms with Crippen molar-refractivity contribution in [3.8, 4) is 0 Å². The minimum Gasteiger partial charge on any atom is -0.472 e. The molecule has 2 unspecified atom stereocenters. The quantitative estimate of drug-likeness (QED) is 0.850. The van der Waals surface area contributed by atoms with Crippen LogP contribution < -0.4 is 5.73 Å². The molecule has 0 aliphatic carbocycles. The molecule has 2 atom stereocenters. The summed E-state index contributed by atoms with van der Waals surface area (Å²) in [6, 6.07) is 2.54. The van der Waals surface area contributed by atoms with E-state index in [1.54, 1.807) is 6.26 Å². The van der Waals surface area contributed by atoms with Crippen LogP contribution in [0.1, 0.15) is 37.8 Å². The second-order valence-corrected chi connectivity index (χ2v) is 4.81. The topological polar surface area (TPSA) is 42.4 Å². The van der Waals surface area contributed by atoms with Gasteiger partial charge in [0.05, 0.1) is 12.5 Å². The Labute approximate surface area is 97.6 Å². The van der Waals surface area contributed by atoms with E-state index in [4.69, 9.17) is 10.2 Å². The molecule has 1 fully saturated rings. The van der Waals surface area contributed by atoms with E-state index in [1.165, 1.54) is 31.5 Å². The Hall–Kier alpha value is -0.800. The molecule has 90 valence electrons. The van der Waals surface area contributed by atoms with Crippen molar-refractivity contribution in [2.24, 2.45) is 11.7 Å². The molecule has 1 aromatic rings. The van der Waals surface area contributed by atoms with Crippen molar-refractivity contribution in [1.82, 2.24) is 4.90 Å². The summed E-state index contributed by atoms with van der Waals surface area (Å²) >= 11 is 0. The van der Waals surface area contributed by atoms with Gasteiger partial charge in [-0.1, -0.05) is 0 Å². The van der Waals surface area contributed by atoms with Gasteiger partial charge < -0.3 is 10.2 Å². The van der Waals surface area contributed by atoms with Crippen molar-refractivity contribution in [2.45, 2.75) is 32.2 Å². The first kappa shape index (κ1) is 11.7. The summed E-state index contributed by atoms with van der Waals surface area (Å²) in [6.07, 6.45) is 7.41. The first-order valence-electron chi connectivity index (χ1n) is 6.27. The lowest BCUT2D eigenvalue weighted by atomic mass is 9.93. The molecular formula is C13H22N2O. The summed E-state index contributed by atoms with van der Waals surface area (Å²) in [6.45, 7) is 5.46. The third-order valence-corrected chi connectivity index (χ3v) is 3.70. The van der Waals surface area contributed by atoms with Gasteiger partial charge in [-0.15, -0.1) is 0 Å². The van der Waals surface area contributed by atoms with Gasteiger partial charge in [-0.2, -0.15) is 0 Å². The Kier molecular flexibility index (Phi) is 4.02. The lowest BCUT2D eigenvalue weighted by molar-refractivity contribution is 0.128. The Bertz CT molecular complexity index is 295. The average molecular weight is 222 g/mol. The number of rotatable bonds is 4. The Morgan fingerprint density at radius 1 is 1.62 bits per heavy atom. The molecule has 0 amide bonds. The second-order valence-electron chi connectivity index (χ2n) is 4.81. The fourth-order valence-electron chi connectivity index (χ4n) is 2.64. The third kappa shape index (κ3) is 2.66. The molecule has 16 heavy (non-hydrogen) atoms. The van der Waals surface area contributed by atoms with Crippen LogP contribution in [-0.4, -0.2) is 24.5 Å². The molecule has 0 radical (unpaired) electrons. The number of hydrogen-bond acceptors (Lipinski definition) is 3. The largest absolute Gasteiger partial charge is 0.472 e. The zero-order chi connectivity index (χ0) is 11.4. The highest BCUT2D eigenvalue weighted by Crippen LogP contribution is 2.27. The van der Waals surface area contributed by atoms with Gasteiger partial charge in [-0.05, 0) is 51.3 Å². The summed E-state index contributed by atoms with van der Waals surface area (Å²) in [4.78, 5) is 2.55. The molecule has 2 N–H and O–H groups in total.